The Labute approximate surface area is 184 Å². The van der Waals surface area contributed by atoms with Gasteiger partial charge in [-0.05, 0) is 43.5 Å². The fraction of sp³-hybridized carbons (Fsp3) is 0.417. The zero-order valence-corrected chi connectivity index (χ0v) is 18.0. The first-order valence-corrected chi connectivity index (χ1v) is 10.4. The fourth-order valence-electron chi connectivity index (χ4n) is 3.75. The van der Waals surface area contributed by atoms with E-state index in [4.69, 9.17) is 4.74 Å². The molecule has 2 atom stereocenters. The van der Waals surface area contributed by atoms with Crippen molar-refractivity contribution in [2.45, 2.75) is 51.5 Å². The quantitative estimate of drug-likeness (QED) is 0.504. The molecule has 172 valence electrons. The summed E-state index contributed by atoms with van der Waals surface area (Å²) in [6, 6.07) is 9.03. The largest absolute Gasteiger partial charge is 0.489 e. The van der Waals surface area contributed by atoms with E-state index in [1.54, 1.807) is 39.0 Å². The van der Waals surface area contributed by atoms with Crippen LogP contribution in [-0.4, -0.2) is 40.3 Å². The second kappa shape index (κ2) is 8.96. The topological polar surface area (TPSA) is 49.8 Å². The summed E-state index contributed by atoms with van der Waals surface area (Å²) >= 11 is 0. The van der Waals surface area contributed by atoms with E-state index in [1.165, 1.54) is 4.90 Å². The SMILES string of the molecule is CC=C1/C(=C\C2=C=C(F)C2(O)C(F)(F)F)CC[C@H](Oc2ccccc2)CN1C(=O)C(C)C. The van der Waals surface area contributed by atoms with E-state index in [1.807, 2.05) is 23.9 Å². The fourth-order valence-corrected chi connectivity index (χ4v) is 3.75. The number of aliphatic hydroxyl groups is 1. The predicted molar refractivity (Wildman–Crippen MR) is 111 cm³/mol. The Morgan fingerprint density at radius 2 is 1.97 bits per heavy atom. The number of likely N-dealkylation sites (tertiary alicyclic amines) is 1. The maximum atomic E-state index is 13.6. The van der Waals surface area contributed by atoms with Crippen molar-refractivity contribution in [3.63, 3.8) is 0 Å². The lowest BCUT2D eigenvalue weighted by Gasteiger charge is -2.34. The van der Waals surface area contributed by atoms with Gasteiger partial charge in [0.2, 0.25) is 5.91 Å². The highest BCUT2D eigenvalue weighted by Gasteiger charge is 2.63. The molecule has 32 heavy (non-hydrogen) atoms. The summed E-state index contributed by atoms with van der Waals surface area (Å²) in [4.78, 5) is 14.4. The summed E-state index contributed by atoms with van der Waals surface area (Å²) in [5.41, 5.74) is -1.68. The number of allylic oxidation sites excluding steroid dienone is 2. The molecule has 1 unspecified atom stereocenters. The van der Waals surface area contributed by atoms with E-state index in [9.17, 15) is 27.5 Å². The van der Waals surface area contributed by atoms with Gasteiger partial charge in [-0.3, -0.25) is 4.79 Å². The van der Waals surface area contributed by atoms with Crippen LogP contribution in [0.15, 0.2) is 70.9 Å². The van der Waals surface area contributed by atoms with Crippen LogP contribution in [-0.2, 0) is 4.79 Å². The Balaban J connectivity index is 1.99. The van der Waals surface area contributed by atoms with Crippen molar-refractivity contribution in [1.29, 1.82) is 0 Å². The number of halogens is 4. The lowest BCUT2D eigenvalue weighted by Crippen LogP contribution is -2.50. The van der Waals surface area contributed by atoms with Crippen molar-refractivity contribution in [1.82, 2.24) is 4.90 Å². The maximum Gasteiger partial charge on any atom is 0.429 e. The lowest BCUT2D eigenvalue weighted by atomic mass is 9.82. The summed E-state index contributed by atoms with van der Waals surface area (Å²) in [6.07, 6.45) is -2.25. The summed E-state index contributed by atoms with van der Waals surface area (Å²) < 4.78 is 59.6. The van der Waals surface area contributed by atoms with E-state index in [-0.39, 0.29) is 24.8 Å². The molecule has 8 heteroatoms. The van der Waals surface area contributed by atoms with Crippen molar-refractivity contribution in [2.24, 2.45) is 5.92 Å². The molecule has 2 aliphatic rings. The van der Waals surface area contributed by atoms with Gasteiger partial charge in [0.15, 0.2) is 5.83 Å². The molecular formula is C24H25F4NO3. The van der Waals surface area contributed by atoms with Crippen LogP contribution < -0.4 is 4.74 Å². The van der Waals surface area contributed by atoms with Crippen molar-refractivity contribution in [2.75, 3.05) is 6.54 Å². The third kappa shape index (κ3) is 4.38. The molecule has 0 saturated carbocycles. The number of alkyl halides is 3. The molecule has 1 amide bonds. The molecule has 1 aliphatic carbocycles. The minimum Gasteiger partial charge on any atom is -0.489 e. The standard InChI is InChI=1S/C24H25F4NO3/c1-4-20-16(12-17-13-21(25)23(17,31)24(26,27)28)10-11-19(14-29(20)22(30)15(2)3)32-18-8-6-5-7-9-18/h4-9,12,15,19,31H,10-11,14H2,1-3H3/b16-12-,20-4?/t19-,23?/m0/s1. The third-order valence-electron chi connectivity index (χ3n) is 5.50. The third-order valence-corrected chi connectivity index (χ3v) is 5.50. The normalized spacial score (nSPS) is 26.5. The van der Waals surface area contributed by atoms with Gasteiger partial charge >= 0.3 is 6.18 Å². The van der Waals surface area contributed by atoms with Gasteiger partial charge in [-0.1, -0.05) is 43.9 Å². The molecular weight excluding hydrogens is 426 g/mol. The minimum absolute atomic E-state index is 0.204. The van der Waals surface area contributed by atoms with Gasteiger partial charge in [-0.15, -0.1) is 0 Å². The van der Waals surface area contributed by atoms with E-state index < -0.39 is 29.3 Å². The van der Waals surface area contributed by atoms with Crippen LogP contribution in [0.2, 0.25) is 0 Å². The molecule has 0 spiro atoms. The first kappa shape index (κ1) is 23.8. The first-order valence-electron chi connectivity index (χ1n) is 10.4. The summed E-state index contributed by atoms with van der Waals surface area (Å²) in [5.74, 6) is -1.74. The minimum atomic E-state index is -5.22. The Morgan fingerprint density at radius 3 is 2.50 bits per heavy atom. The number of rotatable bonds is 4. The molecule has 1 N–H and O–H groups in total. The van der Waals surface area contributed by atoms with Crippen molar-refractivity contribution in [3.05, 3.63) is 70.9 Å². The smallest absolute Gasteiger partial charge is 0.429 e. The van der Waals surface area contributed by atoms with Gasteiger partial charge in [0.05, 0.1) is 6.54 Å². The zero-order chi connectivity index (χ0) is 23.7. The number of amides is 1. The number of carbonyl (C=O) groups excluding carboxylic acids is 1. The Morgan fingerprint density at radius 1 is 1.31 bits per heavy atom. The van der Waals surface area contributed by atoms with Gasteiger partial charge in [0.1, 0.15) is 11.9 Å². The molecule has 1 saturated heterocycles. The number of benzene rings is 1. The van der Waals surface area contributed by atoms with Crippen LogP contribution in [0.25, 0.3) is 0 Å². The lowest BCUT2D eigenvalue weighted by molar-refractivity contribution is -0.237. The predicted octanol–water partition coefficient (Wildman–Crippen LogP) is 5.23. The number of carbonyl (C=O) groups is 1. The highest BCUT2D eigenvalue weighted by atomic mass is 19.4. The molecule has 0 bridgehead atoms. The number of hydrogen-bond donors (Lipinski definition) is 1. The highest BCUT2D eigenvalue weighted by Crippen LogP contribution is 2.48. The Hall–Kier alpha value is -2.83. The second-order valence-corrected chi connectivity index (χ2v) is 8.10. The van der Waals surface area contributed by atoms with Crippen LogP contribution in [0.1, 0.15) is 33.6 Å². The molecule has 0 radical (unpaired) electrons. The second-order valence-electron chi connectivity index (χ2n) is 8.10. The van der Waals surface area contributed by atoms with Crippen molar-refractivity contribution < 1.29 is 32.2 Å². The van der Waals surface area contributed by atoms with E-state index in [0.717, 1.165) is 6.08 Å². The summed E-state index contributed by atoms with van der Waals surface area (Å²) in [5, 5.41) is 9.94. The van der Waals surface area contributed by atoms with Gasteiger partial charge in [-0.2, -0.15) is 17.6 Å². The van der Waals surface area contributed by atoms with Gasteiger partial charge in [0.25, 0.3) is 5.60 Å². The highest BCUT2D eigenvalue weighted by molar-refractivity contribution is 5.81. The van der Waals surface area contributed by atoms with E-state index in [2.05, 4.69) is 0 Å². The first-order chi connectivity index (χ1) is 15.0. The van der Waals surface area contributed by atoms with Gasteiger partial charge < -0.3 is 14.7 Å². The van der Waals surface area contributed by atoms with Crippen molar-refractivity contribution in [3.8, 4) is 5.75 Å². The molecule has 1 fully saturated rings. The van der Waals surface area contributed by atoms with Crippen LogP contribution >= 0.6 is 0 Å². The number of para-hydroxylation sites is 1. The average molecular weight is 451 g/mol. The van der Waals surface area contributed by atoms with Crippen molar-refractivity contribution >= 4 is 5.91 Å². The molecule has 1 aliphatic heterocycles. The monoisotopic (exact) mass is 451 g/mol. The van der Waals surface area contributed by atoms with Crippen LogP contribution in [0, 0.1) is 5.92 Å². The van der Waals surface area contributed by atoms with E-state index in [0.29, 0.717) is 23.4 Å². The molecule has 4 nitrogen and oxygen atoms in total. The number of hydrogen-bond acceptors (Lipinski definition) is 3. The zero-order valence-electron chi connectivity index (χ0n) is 18.0. The van der Waals surface area contributed by atoms with Crippen LogP contribution in [0.3, 0.4) is 0 Å². The molecule has 0 aromatic heterocycles. The summed E-state index contributed by atoms with van der Waals surface area (Å²) in [7, 11) is 0. The molecule has 1 heterocycles. The molecule has 1 aromatic rings. The maximum absolute atomic E-state index is 13.6. The Bertz CT molecular complexity index is 1000. The van der Waals surface area contributed by atoms with Gasteiger partial charge in [-0.25, -0.2) is 0 Å². The van der Waals surface area contributed by atoms with E-state index >= 15 is 0 Å². The molecule has 1 aromatic carbocycles. The number of nitrogens with zero attached hydrogens (tertiary/aromatic N) is 1. The molecule has 3 rings (SSSR count). The Kier molecular flexibility index (Phi) is 6.67. The van der Waals surface area contributed by atoms with Crippen LogP contribution in [0.4, 0.5) is 17.6 Å². The number of ether oxygens (including phenoxy) is 1. The average Bonchev–Trinajstić information content (AvgIpc) is 2.91. The van der Waals surface area contributed by atoms with Crippen LogP contribution in [0.5, 0.6) is 5.75 Å². The van der Waals surface area contributed by atoms with Gasteiger partial charge in [0, 0.05) is 17.2 Å². The summed E-state index contributed by atoms with van der Waals surface area (Å²) in [6.45, 7) is 5.33.